The fourth-order valence-electron chi connectivity index (χ4n) is 1.49. The molecule has 0 amide bonds. The first-order chi connectivity index (χ1) is 5.86. The van der Waals surface area contributed by atoms with Gasteiger partial charge in [-0.05, 0) is 31.0 Å². The zero-order chi connectivity index (χ0) is 8.39. The lowest BCUT2D eigenvalue weighted by Crippen LogP contribution is -2.17. The lowest BCUT2D eigenvalue weighted by Gasteiger charge is -2.17. The third-order valence-corrected chi connectivity index (χ3v) is 2.36. The predicted molar refractivity (Wildman–Crippen MR) is 52.6 cm³/mol. The van der Waals surface area contributed by atoms with Crippen molar-refractivity contribution in [1.82, 2.24) is 0 Å². The SMILES string of the molecule is Clc1cccc(N2C[CH]CC2)c1. The van der Waals surface area contributed by atoms with Crippen molar-refractivity contribution >= 4 is 17.3 Å². The Kier molecular flexibility index (Phi) is 2.22. The smallest absolute Gasteiger partial charge is 0.0426 e. The van der Waals surface area contributed by atoms with Crippen molar-refractivity contribution in [3.63, 3.8) is 0 Å². The average Bonchev–Trinajstić information content (AvgIpc) is 2.56. The monoisotopic (exact) mass is 180 g/mol. The van der Waals surface area contributed by atoms with E-state index in [-0.39, 0.29) is 0 Å². The van der Waals surface area contributed by atoms with Crippen LogP contribution in [0.25, 0.3) is 0 Å². The standard InChI is InChI=1S/C10H11ClN/c11-9-4-3-5-10(8-9)12-6-1-2-7-12/h1,3-5,8H,2,6-7H2. The topological polar surface area (TPSA) is 3.24 Å². The summed E-state index contributed by atoms with van der Waals surface area (Å²) >= 11 is 5.89. The zero-order valence-electron chi connectivity index (χ0n) is 6.83. The van der Waals surface area contributed by atoms with Crippen LogP contribution in [0.15, 0.2) is 24.3 Å². The molecule has 1 aromatic rings. The van der Waals surface area contributed by atoms with E-state index in [4.69, 9.17) is 11.6 Å². The normalized spacial score (nSPS) is 16.9. The van der Waals surface area contributed by atoms with E-state index >= 15 is 0 Å². The van der Waals surface area contributed by atoms with Crippen LogP contribution in [0.5, 0.6) is 0 Å². The molecule has 63 valence electrons. The second-order valence-electron chi connectivity index (χ2n) is 3.00. The molecule has 0 aliphatic carbocycles. The minimum atomic E-state index is 0.819. The van der Waals surface area contributed by atoms with Crippen LogP contribution in [-0.2, 0) is 0 Å². The Hall–Kier alpha value is -0.690. The second-order valence-corrected chi connectivity index (χ2v) is 3.44. The van der Waals surface area contributed by atoms with Gasteiger partial charge in [0.1, 0.15) is 0 Å². The maximum Gasteiger partial charge on any atom is 0.0426 e. The molecule has 12 heavy (non-hydrogen) atoms. The van der Waals surface area contributed by atoms with Crippen LogP contribution < -0.4 is 4.90 Å². The Labute approximate surface area is 77.9 Å². The van der Waals surface area contributed by atoms with E-state index in [0.717, 1.165) is 18.1 Å². The van der Waals surface area contributed by atoms with Crippen LogP contribution in [0.1, 0.15) is 6.42 Å². The molecule has 0 N–H and O–H groups in total. The van der Waals surface area contributed by atoms with E-state index < -0.39 is 0 Å². The molecule has 0 atom stereocenters. The molecule has 1 saturated heterocycles. The lowest BCUT2D eigenvalue weighted by molar-refractivity contribution is 0.968. The number of nitrogens with zero attached hydrogens (tertiary/aromatic N) is 1. The zero-order valence-corrected chi connectivity index (χ0v) is 7.59. The van der Waals surface area contributed by atoms with Gasteiger partial charge in [-0.1, -0.05) is 17.7 Å². The maximum absolute atomic E-state index is 5.89. The molecule has 1 aliphatic rings. The third-order valence-electron chi connectivity index (χ3n) is 2.13. The summed E-state index contributed by atoms with van der Waals surface area (Å²) in [6, 6.07) is 8.02. The van der Waals surface area contributed by atoms with Gasteiger partial charge in [-0.15, -0.1) is 0 Å². The summed E-state index contributed by atoms with van der Waals surface area (Å²) < 4.78 is 0. The van der Waals surface area contributed by atoms with Crippen molar-refractivity contribution in [3.05, 3.63) is 35.7 Å². The third kappa shape index (κ3) is 1.56. The van der Waals surface area contributed by atoms with Crippen molar-refractivity contribution in [2.45, 2.75) is 6.42 Å². The molecule has 1 aliphatic heterocycles. The molecule has 1 aromatic carbocycles. The van der Waals surface area contributed by atoms with E-state index in [9.17, 15) is 0 Å². The van der Waals surface area contributed by atoms with Crippen LogP contribution in [0.4, 0.5) is 5.69 Å². The van der Waals surface area contributed by atoms with Crippen LogP contribution in [0, 0.1) is 6.42 Å². The number of anilines is 1. The quantitative estimate of drug-likeness (QED) is 0.643. The highest BCUT2D eigenvalue weighted by Gasteiger charge is 2.11. The van der Waals surface area contributed by atoms with Crippen LogP contribution in [0.2, 0.25) is 5.02 Å². The summed E-state index contributed by atoms with van der Waals surface area (Å²) in [6.45, 7) is 2.18. The minimum Gasteiger partial charge on any atom is -0.371 e. The van der Waals surface area contributed by atoms with Crippen molar-refractivity contribution < 1.29 is 0 Å². The molecular weight excluding hydrogens is 170 g/mol. The van der Waals surface area contributed by atoms with Crippen LogP contribution >= 0.6 is 11.6 Å². The number of hydrogen-bond acceptors (Lipinski definition) is 1. The summed E-state index contributed by atoms with van der Waals surface area (Å²) in [5.74, 6) is 0. The number of benzene rings is 1. The van der Waals surface area contributed by atoms with Gasteiger partial charge in [-0.25, -0.2) is 0 Å². The Morgan fingerprint density at radius 3 is 2.92 bits per heavy atom. The van der Waals surface area contributed by atoms with Crippen molar-refractivity contribution in [3.8, 4) is 0 Å². The fourth-order valence-corrected chi connectivity index (χ4v) is 1.68. The number of rotatable bonds is 1. The molecule has 2 heteroatoms. The molecule has 0 saturated carbocycles. The van der Waals surface area contributed by atoms with E-state index in [1.54, 1.807) is 0 Å². The minimum absolute atomic E-state index is 0.819. The van der Waals surface area contributed by atoms with Gasteiger partial charge in [0.05, 0.1) is 0 Å². The summed E-state index contributed by atoms with van der Waals surface area (Å²) in [5.41, 5.74) is 1.23. The molecule has 0 bridgehead atoms. The highest BCUT2D eigenvalue weighted by Crippen LogP contribution is 2.22. The van der Waals surface area contributed by atoms with Crippen molar-refractivity contribution in [2.24, 2.45) is 0 Å². The van der Waals surface area contributed by atoms with E-state index in [2.05, 4.69) is 17.4 Å². The molecule has 0 unspecified atom stereocenters. The Balaban J connectivity index is 2.21. The maximum atomic E-state index is 5.89. The number of halogens is 1. The van der Waals surface area contributed by atoms with Gasteiger partial charge < -0.3 is 4.90 Å². The van der Waals surface area contributed by atoms with Crippen molar-refractivity contribution in [2.75, 3.05) is 18.0 Å². The van der Waals surface area contributed by atoms with Gasteiger partial charge >= 0.3 is 0 Å². The van der Waals surface area contributed by atoms with Gasteiger partial charge in [0.2, 0.25) is 0 Å². The highest BCUT2D eigenvalue weighted by molar-refractivity contribution is 6.30. The summed E-state index contributed by atoms with van der Waals surface area (Å²) in [4.78, 5) is 2.33. The molecule has 1 heterocycles. The second kappa shape index (κ2) is 3.36. The number of hydrogen-bond donors (Lipinski definition) is 0. The highest BCUT2D eigenvalue weighted by atomic mass is 35.5. The molecule has 0 spiro atoms. The molecule has 1 nitrogen and oxygen atoms in total. The van der Waals surface area contributed by atoms with Gasteiger partial charge in [0, 0.05) is 23.8 Å². The van der Waals surface area contributed by atoms with Crippen LogP contribution in [0.3, 0.4) is 0 Å². The average molecular weight is 181 g/mol. The Morgan fingerprint density at radius 2 is 2.25 bits per heavy atom. The first-order valence-electron chi connectivity index (χ1n) is 4.18. The van der Waals surface area contributed by atoms with E-state index in [1.165, 1.54) is 12.1 Å². The molecular formula is C10H11ClN. The van der Waals surface area contributed by atoms with Crippen molar-refractivity contribution in [1.29, 1.82) is 0 Å². The Bertz CT molecular complexity index is 266. The van der Waals surface area contributed by atoms with E-state index in [1.807, 2.05) is 18.2 Å². The largest absolute Gasteiger partial charge is 0.371 e. The molecule has 1 radical (unpaired) electrons. The predicted octanol–water partition coefficient (Wildman–Crippen LogP) is 2.75. The summed E-state index contributed by atoms with van der Waals surface area (Å²) in [6.07, 6.45) is 3.48. The molecule has 1 fully saturated rings. The fraction of sp³-hybridized carbons (Fsp3) is 0.300. The molecule has 0 aromatic heterocycles. The first-order valence-corrected chi connectivity index (χ1v) is 4.56. The molecule has 2 rings (SSSR count). The summed E-state index contributed by atoms with van der Waals surface area (Å²) in [7, 11) is 0. The van der Waals surface area contributed by atoms with E-state index in [0.29, 0.717) is 0 Å². The van der Waals surface area contributed by atoms with Gasteiger partial charge in [-0.3, -0.25) is 0 Å². The van der Waals surface area contributed by atoms with Crippen LogP contribution in [-0.4, -0.2) is 13.1 Å². The lowest BCUT2D eigenvalue weighted by atomic mass is 10.3. The van der Waals surface area contributed by atoms with Gasteiger partial charge in [-0.2, -0.15) is 0 Å². The Morgan fingerprint density at radius 1 is 1.33 bits per heavy atom. The van der Waals surface area contributed by atoms with Gasteiger partial charge in [0.15, 0.2) is 0 Å². The summed E-state index contributed by atoms with van der Waals surface area (Å²) in [5, 5.41) is 0.819. The first kappa shape index (κ1) is 7.93. The van der Waals surface area contributed by atoms with Gasteiger partial charge in [0.25, 0.3) is 0 Å².